The molecule has 170 valence electrons. The predicted molar refractivity (Wildman–Crippen MR) is 117 cm³/mol. The molecule has 0 radical (unpaired) electrons. The highest BCUT2D eigenvalue weighted by Crippen LogP contribution is 2.29. The zero-order valence-electron chi connectivity index (χ0n) is 17.1. The summed E-state index contributed by atoms with van der Waals surface area (Å²) in [5.74, 6) is -1.60. The zero-order valence-corrected chi connectivity index (χ0v) is 17.9. The van der Waals surface area contributed by atoms with Crippen LogP contribution in [0.4, 0.5) is 24.5 Å². The Bertz CT molecular complexity index is 1340. The SMILES string of the molecule is CN(Cc1ccc(-c2noc(C(F)(F)F)n2)cc1)c1c(NCc2ccc(Cl)cc2)c(=O)c1=O. The highest BCUT2D eigenvalue weighted by Gasteiger charge is 2.38. The number of nitrogens with one attached hydrogen (secondary N) is 1. The van der Waals surface area contributed by atoms with Crippen molar-refractivity contribution in [2.24, 2.45) is 0 Å². The van der Waals surface area contributed by atoms with Gasteiger partial charge >= 0.3 is 12.1 Å². The minimum atomic E-state index is -4.71. The molecule has 7 nitrogen and oxygen atoms in total. The Balaban J connectivity index is 1.44. The second-order valence-electron chi connectivity index (χ2n) is 7.34. The van der Waals surface area contributed by atoms with Gasteiger partial charge in [-0.15, -0.1) is 0 Å². The van der Waals surface area contributed by atoms with E-state index in [1.807, 2.05) is 12.1 Å². The number of nitrogens with zero attached hydrogens (tertiary/aromatic N) is 3. The van der Waals surface area contributed by atoms with Crippen molar-refractivity contribution in [1.82, 2.24) is 10.1 Å². The Morgan fingerprint density at radius 1 is 1.00 bits per heavy atom. The number of rotatable bonds is 7. The third kappa shape index (κ3) is 4.75. The fourth-order valence-corrected chi connectivity index (χ4v) is 3.39. The molecule has 0 aliphatic carbocycles. The summed E-state index contributed by atoms with van der Waals surface area (Å²) in [6.45, 7) is 0.642. The number of halogens is 4. The van der Waals surface area contributed by atoms with Crippen molar-refractivity contribution in [2.75, 3.05) is 17.3 Å². The topological polar surface area (TPSA) is 88.3 Å². The van der Waals surface area contributed by atoms with Gasteiger partial charge in [-0.1, -0.05) is 53.2 Å². The van der Waals surface area contributed by atoms with Gasteiger partial charge in [-0.25, -0.2) is 0 Å². The summed E-state index contributed by atoms with van der Waals surface area (Å²) in [6.07, 6.45) is -4.71. The van der Waals surface area contributed by atoms with E-state index in [2.05, 4.69) is 20.0 Å². The molecule has 0 saturated heterocycles. The highest BCUT2D eigenvalue weighted by molar-refractivity contribution is 6.30. The fraction of sp³-hybridized carbons (Fsp3) is 0.182. The summed E-state index contributed by atoms with van der Waals surface area (Å²) >= 11 is 5.87. The molecule has 1 heterocycles. The van der Waals surface area contributed by atoms with E-state index in [1.165, 1.54) is 0 Å². The van der Waals surface area contributed by atoms with Gasteiger partial charge in [-0.3, -0.25) is 9.59 Å². The molecular formula is C22H16ClF3N4O3. The largest absolute Gasteiger partial charge is 0.471 e. The first-order chi connectivity index (χ1) is 15.6. The van der Waals surface area contributed by atoms with Crippen LogP contribution in [-0.2, 0) is 19.3 Å². The summed E-state index contributed by atoms with van der Waals surface area (Å²) in [5.41, 5.74) is 1.34. The van der Waals surface area contributed by atoms with Crippen molar-refractivity contribution < 1.29 is 17.7 Å². The van der Waals surface area contributed by atoms with Crippen molar-refractivity contribution in [1.29, 1.82) is 0 Å². The number of hydrogen-bond acceptors (Lipinski definition) is 7. The van der Waals surface area contributed by atoms with Crippen LogP contribution in [0.2, 0.25) is 5.02 Å². The van der Waals surface area contributed by atoms with Gasteiger partial charge in [0.2, 0.25) is 5.82 Å². The number of hydrogen-bond donors (Lipinski definition) is 1. The first kappa shape index (κ1) is 22.5. The average Bonchev–Trinajstić information content (AvgIpc) is 3.28. The van der Waals surface area contributed by atoms with E-state index in [9.17, 15) is 22.8 Å². The van der Waals surface area contributed by atoms with Crippen molar-refractivity contribution in [3.63, 3.8) is 0 Å². The molecule has 1 aromatic heterocycles. The lowest BCUT2D eigenvalue weighted by Crippen LogP contribution is -2.41. The number of aromatic nitrogens is 2. The Kier molecular flexibility index (Phi) is 5.94. The van der Waals surface area contributed by atoms with Crippen LogP contribution in [0, 0.1) is 0 Å². The quantitative estimate of drug-likeness (QED) is 0.399. The van der Waals surface area contributed by atoms with Crippen LogP contribution in [0.1, 0.15) is 17.0 Å². The lowest BCUT2D eigenvalue weighted by Gasteiger charge is -2.24. The molecule has 0 aliphatic heterocycles. The molecule has 11 heteroatoms. The molecule has 0 amide bonds. The van der Waals surface area contributed by atoms with E-state index in [0.717, 1.165) is 11.1 Å². The standard InChI is InChI=1S/C22H16ClF3N4O3/c1-30(17-16(18(31)19(17)32)27-10-12-4-8-15(23)9-5-12)11-13-2-6-14(7-3-13)20-28-21(33-29-20)22(24,25)26/h2-9,27H,10-11H2,1H3. The van der Waals surface area contributed by atoms with Gasteiger partial charge in [0.25, 0.3) is 10.9 Å². The zero-order chi connectivity index (χ0) is 23.8. The summed E-state index contributed by atoms with van der Waals surface area (Å²) in [5, 5.41) is 6.95. The fourth-order valence-electron chi connectivity index (χ4n) is 3.27. The van der Waals surface area contributed by atoms with Gasteiger partial charge in [0.15, 0.2) is 0 Å². The lowest BCUT2D eigenvalue weighted by molar-refractivity contribution is -0.159. The van der Waals surface area contributed by atoms with Crippen molar-refractivity contribution in [2.45, 2.75) is 19.3 Å². The third-order valence-electron chi connectivity index (χ3n) is 4.95. The molecule has 0 unspecified atom stereocenters. The molecule has 1 N–H and O–H groups in total. The maximum atomic E-state index is 12.6. The van der Waals surface area contributed by atoms with Gasteiger partial charge in [0.1, 0.15) is 11.4 Å². The molecular weight excluding hydrogens is 461 g/mol. The third-order valence-corrected chi connectivity index (χ3v) is 5.20. The number of alkyl halides is 3. The normalized spacial score (nSPS) is 11.7. The Hall–Kier alpha value is -3.66. The maximum Gasteiger partial charge on any atom is 0.471 e. The van der Waals surface area contributed by atoms with Crippen molar-refractivity contribution in [3.8, 4) is 11.4 Å². The minimum absolute atomic E-state index is 0.182. The summed E-state index contributed by atoms with van der Waals surface area (Å²) in [7, 11) is 1.67. The molecule has 0 bridgehead atoms. The van der Waals surface area contributed by atoms with Gasteiger partial charge in [-0.05, 0) is 23.3 Å². The van der Waals surface area contributed by atoms with E-state index in [1.54, 1.807) is 48.3 Å². The first-order valence-corrected chi connectivity index (χ1v) is 10.0. The monoisotopic (exact) mass is 476 g/mol. The van der Waals surface area contributed by atoms with Crippen LogP contribution in [0.15, 0.2) is 62.6 Å². The highest BCUT2D eigenvalue weighted by atomic mass is 35.5. The minimum Gasteiger partial charge on any atom is -0.376 e. The smallest absolute Gasteiger partial charge is 0.376 e. The van der Waals surface area contributed by atoms with E-state index in [0.29, 0.717) is 23.7 Å². The van der Waals surface area contributed by atoms with Crippen molar-refractivity contribution >= 4 is 23.0 Å². The average molecular weight is 477 g/mol. The number of benzene rings is 2. The molecule has 3 aromatic carbocycles. The summed E-state index contributed by atoms with van der Waals surface area (Å²) in [6, 6.07) is 13.5. The Morgan fingerprint density at radius 3 is 2.24 bits per heavy atom. The summed E-state index contributed by atoms with van der Waals surface area (Å²) < 4.78 is 42.1. The maximum absolute atomic E-state index is 12.6. The van der Waals surface area contributed by atoms with E-state index in [-0.39, 0.29) is 17.2 Å². The van der Waals surface area contributed by atoms with Crippen LogP contribution < -0.4 is 21.1 Å². The second kappa shape index (κ2) is 8.70. The molecule has 4 aromatic rings. The van der Waals surface area contributed by atoms with Crippen LogP contribution in [0.25, 0.3) is 11.4 Å². The summed E-state index contributed by atoms with van der Waals surface area (Å²) in [4.78, 5) is 29.2. The second-order valence-corrected chi connectivity index (χ2v) is 7.77. The lowest BCUT2D eigenvalue weighted by atomic mass is 10.1. The first-order valence-electron chi connectivity index (χ1n) is 9.66. The van der Waals surface area contributed by atoms with Crippen LogP contribution in [-0.4, -0.2) is 17.2 Å². The van der Waals surface area contributed by atoms with Crippen LogP contribution in [0.3, 0.4) is 0 Å². The van der Waals surface area contributed by atoms with Crippen LogP contribution in [0.5, 0.6) is 0 Å². The van der Waals surface area contributed by atoms with Crippen LogP contribution >= 0.6 is 11.6 Å². The molecule has 4 rings (SSSR count). The Labute approximate surface area is 190 Å². The van der Waals surface area contributed by atoms with E-state index >= 15 is 0 Å². The molecule has 0 atom stereocenters. The van der Waals surface area contributed by atoms with Crippen molar-refractivity contribution in [3.05, 3.63) is 91.0 Å². The van der Waals surface area contributed by atoms with Gasteiger partial charge < -0.3 is 14.7 Å². The Morgan fingerprint density at radius 2 is 1.64 bits per heavy atom. The molecule has 0 saturated carbocycles. The van der Waals surface area contributed by atoms with E-state index < -0.39 is 22.9 Å². The van der Waals surface area contributed by atoms with E-state index in [4.69, 9.17) is 11.6 Å². The molecule has 33 heavy (non-hydrogen) atoms. The molecule has 0 aliphatic rings. The van der Waals surface area contributed by atoms with Gasteiger partial charge in [0.05, 0.1) is 0 Å². The molecule has 0 fully saturated rings. The van der Waals surface area contributed by atoms with Gasteiger partial charge in [-0.2, -0.15) is 18.2 Å². The predicted octanol–water partition coefficient (Wildman–Crippen LogP) is 4.25. The number of anilines is 2. The molecule has 0 spiro atoms. The van der Waals surface area contributed by atoms with Gasteiger partial charge in [0, 0.05) is 30.7 Å².